The summed E-state index contributed by atoms with van der Waals surface area (Å²) in [5, 5.41) is 12.5. The minimum Gasteiger partial charge on any atom is -0.445 e. The zero-order valence-electron chi connectivity index (χ0n) is 12.9. The maximum atomic E-state index is 11.6. The third kappa shape index (κ3) is 6.10. The highest BCUT2D eigenvalue weighted by molar-refractivity contribution is 5.67. The van der Waals surface area contributed by atoms with E-state index in [0.717, 1.165) is 11.1 Å². The van der Waals surface area contributed by atoms with Gasteiger partial charge < -0.3 is 20.9 Å². The van der Waals surface area contributed by atoms with E-state index in [1.165, 1.54) is 0 Å². The Morgan fingerprint density at radius 3 is 2.22 bits per heavy atom. The predicted octanol–water partition coefficient (Wildman–Crippen LogP) is 1.84. The quantitative estimate of drug-likeness (QED) is 0.728. The third-order valence-corrected chi connectivity index (χ3v) is 3.48. The Labute approximate surface area is 136 Å². The van der Waals surface area contributed by atoms with Crippen LogP contribution in [-0.2, 0) is 17.8 Å². The number of carbonyl (C=O) groups excluding carboxylic acids is 1. The van der Waals surface area contributed by atoms with Gasteiger partial charge in [-0.2, -0.15) is 0 Å². The summed E-state index contributed by atoms with van der Waals surface area (Å²) in [7, 11) is 0. The number of hydrogen-bond acceptors (Lipinski definition) is 4. The number of ether oxygens (including phenoxy) is 1. The van der Waals surface area contributed by atoms with Crippen molar-refractivity contribution in [2.45, 2.75) is 25.2 Å². The molecule has 0 spiro atoms. The molecular formula is C18H22N2O3. The molecule has 5 heteroatoms. The number of aliphatic hydroxyl groups excluding tert-OH is 1. The van der Waals surface area contributed by atoms with Crippen molar-refractivity contribution in [3.63, 3.8) is 0 Å². The van der Waals surface area contributed by atoms with E-state index in [0.29, 0.717) is 6.42 Å². The summed E-state index contributed by atoms with van der Waals surface area (Å²) < 4.78 is 5.07. The van der Waals surface area contributed by atoms with Crippen LogP contribution >= 0.6 is 0 Å². The molecule has 4 N–H and O–H groups in total. The van der Waals surface area contributed by atoms with E-state index in [4.69, 9.17) is 10.5 Å². The largest absolute Gasteiger partial charge is 0.445 e. The first kappa shape index (κ1) is 17.0. The van der Waals surface area contributed by atoms with Gasteiger partial charge in [-0.05, 0) is 17.5 Å². The van der Waals surface area contributed by atoms with E-state index in [1.54, 1.807) is 0 Å². The number of rotatable bonds is 7. The number of carbonyl (C=O) groups is 1. The van der Waals surface area contributed by atoms with Crippen LogP contribution < -0.4 is 11.1 Å². The molecule has 23 heavy (non-hydrogen) atoms. The van der Waals surface area contributed by atoms with Crippen molar-refractivity contribution in [2.24, 2.45) is 5.73 Å². The number of alkyl carbamates (subject to hydrolysis) is 1. The lowest BCUT2D eigenvalue weighted by molar-refractivity contribution is 0.116. The van der Waals surface area contributed by atoms with E-state index in [-0.39, 0.29) is 13.2 Å². The van der Waals surface area contributed by atoms with Crippen molar-refractivity contribution in [1.29, 1.82) is 0 Å². The van der Waals surface area contributed by atoms with Crippen LogP contribution in [0.1, 0.15) is 11.1 Å². The van der Waals surface area contributed by atoms with E-state index in [1.807, 2.05) is 60.7 Å². The van der Waals surface area contributed by atoms with Crippen LogP contribution in [0, 0.1) is 0 Å². The van der Waals surface area contributed by atoms with Crippen molar-refractivity contribution >= 4 is 6.09 Å². The number of nitrogens with one attached hydrogen (secondary N) is 1. The van der Waals surface area contributed by atoms with Crippen molar-refractivity contribution in [3.8, 4) is 0 Å². The van der Waals surface area contributed by atoms with Gasteiger partial charge in [0.1, 0.15) is 6.61 Å². The minimum absolute atomic E-state index is 0.0572. The molecule has 0 fully saturated rings. The summed E-state index contributed by atoms with van der Waals surface area (Å²) in [4.78, 5) is 11.6. The van der Waals surface area contributed by atoms with Gasteiger partial charge in [0.25, 0.3) is 0 Å². The lowest BCUT2D eigenvalue weighted by Gasteiger charge is -2.19. The molecular weight excluding hydrogens is 292 g/mol. The second kappa shape index (κ2) is 8.92. The maximum Gasteiger partial charge on any atom is 0.407 e. The van der Waals surface area contributed by atoms with Crippen molar-refractivity contribution in [3.05, 3.63) is 71.8 Å². The second-order valence-electron chi connectivity index (χ2n) is 5.36. The van der Waals surface area contributed by atoms with Gasteiger partial charge in [-0.25, -0.2) is 4.79 Å². The molecule has 0 aliphatic rings. The average Bonchev–Trinajstić information content (AvgIpc) is 2.59. The van der Waals surface area contributed by atoms with Crippen LogP contribution in [0.5, 0.6) is 0 Å². The van der Waals surface area contributed by atoms with Gasteiger partial charge in [0.05, 0.1) is 6.10 Å². The molecule has 0 bridgehead atoms. The number of aliphatic hydroxyl groups is 1. The first-order chi connectivity index (χ1) is 11.1. The molecule has 0 saturated heterocycles. The summed E-state index contributed by atoms with van der Waals surface area (Å²) in [6.45, 7) is 0.250. The van der Waals surface area contributed by atoms with Gasteiger partial charge in [0, 0.05) is 12.6 Å². The van der Waals surface area contributed by atoms with E-state index >= 15 is 0 Å². The van der Waals surface area contributed by atoms with Crippen LogP contribution in [-0.4, -0.2) is 29.9 Å². The summed E-state index contributed by atoms with van der Waals surface area (Å²) in [6.07, 6.45) is -0.859. The molecule has 1 amide bonds. The lowest BCUT2D eigenvalue weighted by atomic mass is 10.0. The zero-order valence-corrected chi connectivity index (χ0v) is 12.9. The van der Waals surface area contributed by atoms with Crippen LogP contribution in [0.25, 0.3) is 0 Å². The minimum atomic E-state index is -0.834. The highest BCUT2D eigenvalue weighted by Crippen LogP contribution is 2.04. The molecule has 0 heterocycles. The Kier molecular flexibility index (Phi) is 6.59. The molecule has 2 atom stereocenters. The van der Waals surface area contributed by atoms with E-state index < -0.39 is 18.2 Å². The topological polar surface area (TPSA) is 84.6 Å². The molecule has 122 valence electrons. The molecule has 0 unspecified atom stereocenters. The fourth-order valence-electron chi connectivity index (χ4n) is 2.14. The molecule has 0 radical (unpaired) electrons. The maximum absolute atomic E-state index is 11.6. The van der Waals surface area contributed by atoms with Gasteiger partial charge in [0.2, 0.25) is 0 Å². The first-order valence-corrected chi connectivity index (χ1v) is 7.57. The summed E-state index contributed by atoms with van der Waals surface area (Å²) >= 11 is 0. The Morgan fingerprint density at radius 1 is 1.04 bits per heavy atom. The molecule has 0 aliphatic carbocycles. The Balaban J connectivity index is 1.68. The van der Waals surface area contributed by atoms with E-state index in [2.05, 4.69) is 5.32 Å². The van der Waals surface area contributed by atoms with Gasteiger partial charge >= 0.3 is 6.09 Å². The standard InChI is InChI=1S/C18H22N2O3/c19-16(11-14-7-3-1-4-8-14)17(21)12-20-18(22)23-13-15-9-5-2-6-10-15/h1-10,16-17,21H,11-13,19H2,(H,20,22)/t16-,17+/m0/s1. The fourth-order valence-corrected chi connectivity index (χ4v) is 2.14. The molecule has 2 rings (SSSR count). The fraction of sp³-hybridized carbons (Fsp3) is 0.278. The average molecular weight is 314 g/mol. The predicted molar refractivity (Wildman–Crippen MR) is 88.8 cm³/mol. The number of hydrogen-bond donors (Lipinski definition) is 3. The van der Waals surface area contributed by atoms with Crippen LogP contribution in [0.15, 0.2) is 60.7 Å². The zero-order chi connectivity index (χ0) is 16.5. The van der Waals surface area contributed by atoms with Crippen LogP contribution in [0.3, 0.4) is 0 Å². The highest BCUT2D eigenvalue weighted by atomic mass is 16.5. The van der Waals surface area contributed by atoms with Crippen molar-refractivity contribution in [1.82, 2.24) is 5.32 Å². The van der Waals surface area contributed by atoms with E-state index in [9.17, 15) is 9.90 Å². The summed E-state index contributed by atoms with van der Waals surface area (Å²) in [5.41, 5.74) is 7.91. The molecule has 2 aromatic carbocycles. The SMILES string of the molecule is N[C@@H](Cc1ccccc1)[C@H](O)CNC(=O)OCc1ccccc1. The number of amides is 1. The number of benzene rings is 2. The van der Waals surface area contributed by atoms with Crippen molar-refractivity contribution < 1.29 is 14.6 Å². The Morgan fingerprint density at radius 2 is 1.61 bits per heavy atom. The Bertz CT molecular complexity index is 590. The van der Waals surface area contributed by atoms with Gasteiger partial charge in [-0.15, -0.1) is 0 Å². The van der Waals surface area contributed by atoms with Gasteiger partial charge in [0.15, 0.2) is 0 Å². The first-order valence-electron chi connectivity index (χ1n) is 7.57. The molecule has 2 aromatic rings. The highest BCUT2D eigenvalue weighted by Gasteiger charge is 2.16. The van der Waals surface area contributed by atoms with Gasteiger partial charge in [-0.3, -0.25) is 0 Å². The monoisotopic (exact) mass is 314 g/mol. The lowest BCUT2D eigenvalue weighted by Crippen LogP contribution is -2.44. The van der Waals surface area contributed by atoms with Crippen LogP contribution in [0.2, 0.25) is 0 Å². The van der Waals surface area contributed by atoms with Crippen LogP contribution in [0.4, 0.5) is 4.79 Å². The smallest absolute Gasteiger partial charge is 0.407 e. The molecule has 0 saturated carbocycles. The van der Waals surface area contributed by atoms with Gasteiger partial charge in [-0.1, -0.05) is 60.7 Å². The Hall–Kier alpha value is -2.37. The summed E-state index contributed by atoms with van der Waals surface area (Å²) in [6, 6.07) is 18.6. The normalized spacial score (nSPS) is 13.1. The third-order valence-electron chi connectivity index (χ3n) is 3.48. The van der Waals surface area contributed by atoms with Crippen molar-refractivity contribution in [2.75, 3.05) is 6.54 Å². The number of nitrogens with two attached hydrogens (primary N) is 1. The summed E-state index contributed by atoms with van der Waals surface area (Å²) in [5.74, 6) is 0. The molecule has 0 aromatic heterocycles. The second-order valence-corrected chi connectivity index (χ2v) is 5.36. The molecule has 0 aliphatic heterocycles. The molecule has 5 nitrogen and oxygen atoms in total.